The van der Waals surface area contributed by atoms with Crippen LogP contribution in [0, 0.1) is 21.4 Å². The fourth-order valence-electron chi connectivity index (χ4n) is 1.74. The third-order valence-electron chi connectivity index (χ3n) is 3.17. The van der Waals surface area contributed by atoms with Crippen LogP contribution in [0.2, 0.25) is 0 Å². The van der Waals surface area contributed by atoms with Crippen LogP contribution >= 0.6 is 11.8 Å². The highest BCUT2D eigenvalue weighted by molar-refractivity contribution is 8.00. The molecule has 18 heavy (non-hydrogen) atoms. The molecule has 0 saturated heterocycles. The topological polar surface area (TPSA) is 79.0 Å². The summed E-state index contributed by atoms with van der Waals surface area (Å²) in [7, 11) is 0. The number of benzene rings is 1. The van der Waals surface area contributed by atoms with E-state index in [1.54, 1.807) is 6.07 Å². The van der Waals surface area contributed by atoms with Crippen molar-refractivity contribution in [2.24, 2.45) is 0 Å². The van der Waals surface area contributed by atoms with E-state index in [1.165, 1.54) is 25.0 Å². The lowest BCUT2D eigenvalue weighted by molar-refractivity contribution is -0.385. The second kappa shape index (κ2) is 4.86. The molecule has 1 aliphatic rings. The predicted molar refractivity (Wildman–Crippen MR) is 71.8 cm³/mol. The summed E-state index contributed by atoms with van der Waals surface area (Å²) in [5.74, 6) is 0. The zero-order chi connectivity index (χ0) is 13.2. The van der Waals surface area contributed by atoms with Gasteiger partial charge in [-0.15, -0.1) is 0 Å². The Balaban J connectivity index is 2.12. The lowest BCUT2D eigenvalue weighted by Gasteiger charge is -2.14. The Morgan fingerprint density at radius 2 is 2.33 bits per heavy atom. The Hall–Kier alpha value is -1.74. The van der Waals surface area contributed by atoms with Crippen LogP contribution in [0.3, 0.4) is 0 Å². The molecule has 0 bridgehead atoms. The first kappa shape index (κ1) is 12.7. The number of nitro groups is 1. The summed E-state index contributed by atoms with van der Waals surface area (Å²) in [6.07, 6.45) is 4.44. The van der Waals surface area contributed by atoms with E-state index in [9.17, 15) is 10.1 Å². The van der Waals surface area contributed by atoms with Crippen molar-refractivity contribution >= 4 is 23.1 Å². The van der Waals surface area contributed by atoms with Crippen LogP contribution in [0.15, 0.2) is 18.2 Å². The molecular weight excluding hydrogens is 250 g/mol. The van der Waals surface area contributed by atoms with E-state index in [0.29, 0.717) is 10.4 Å². The summed E-state index contributed by atoms with van der Waals surface area (Å²) in [6.45, 7) is 0.803. The van der Waals surface area contributed by atoms with Gasteiger partial charge in [0.15, 0.2) is 0 Å². The van der Waals surface area contributed by atoms with Gasteiger partial charge in [0.05, 0.1) is 4.92 Å². The molecule has 1 fully saturated rings. The maximum Gasteiger partial charge on any atom is 0.289 e. The maximum atomic E-state index is 10.8. The van der Waals surface area contributed by atoms with Crippen molar-refractivity contribution in [3.8, 4) is 6.07 Å². The average Bonchev–Trinajstić information content (AvgIpc) is 3.16. The van der Waals surface area contributed by atoms with E-state index < -0.39 is 4.92 Å². The summed E-state index contributed by atoms with van der Waals surface area (Å²) in [4.78, 5) is 10.3. The highest BCUT2D eigenvalue weighted by Gasteiger charge is 2.41. The smallest absolute Gasteiger partial charge is 0.289 e. The second-order valence-corrected chi connectivity index (χ2v) is 5.62. The van der Waals surface area contributed by atoms with Gasteiger partial charge in [0, 0.05) is 23.0 Å². The fourth-order valence-corrected chi connectivity index (χ4v) is 2.47. The minimum atomic E-state index is -0.523. The van der Waals surface area contributed by atoms with Gasteiger partial charge in [0.1, 0.15) is 11.6 Å². The zero-order valence-electron chi connectivity index (χ0n) is 9.97. The van der Waals surface area contributed by atoms with Gasteiger partial charge >= 0.3 is 0 Å². The fraction of sp³-hybridized carbons (Fsp3) is 0.417. The van der Waals surface area contributed by atoms with Crippen LogP contribution in [0.5, 0.6) is 0 Å². The average molecular weight is 263 g/mol. The molecule has 94 valence electrons. The molecule has 0 unspecified atom stereocenters. The standard InChI is InChI=1S/C12H13N3O2S/c1-18-12(4-5-12)8-14-10-3-2-9(7-13)11(6-10)15(16)17/h2-3,6,14H,4-5,8H2,1H3. The second-order valence-electron chi connectivity index (χ2n) is 4.34. The Morgan fingerprint density at radius 3 is 2.83 bits per heavy atom. The Kier molecular flexibility index (Phi) is 3.43. The van der Waals surface area contributed by atoms with Gasteiger partial charge in [0.2, 0.25) is 0 Å². The number of nitro benzene ring substituents is 1. The van der Waals surface area contributed by atoms with E-state index in [-0.39, 0.29) is 11.3 Å². The van der Waals surface area contributed by atoms with Gasteiger partial charge in [0.25, 0.3) is 5.69 Å². The molecule has 1 saturated carbocycles. The summed E-state index contributed by atoms with van der Waals surface area (Å²) in [6, 6.07) is 6.45. The van der Waals surface area contributed by atoms with E-state index >= 15 is 0 Å². The first-order chi connectivity index (χ1) is 8.60. The van der Waals surface area contributed by atoms with Gasteiger partial charge in [-0.1, -0.05) is 0 Å². The largest absolute Gasteiger partial charge is 0.383 e. The van der Waals surface area contributed by atoms with Crippen molar-refractivity contribution in [1.82, 2.24) is 0 Å². The Bertz CT molecular complexity index is 521. The number of thioether (sulfide) groups is 1. The van der Waals surface area contributed by atoms with Crippen molar-refractivity contribution in [2.75, 3.05) is 18.1 Å². The normalized spacial score (nSPS) is 15.8. The first-order valence-corrected chi connectivity index (χ1v) is 6.80. The predicted octanol–water partition coefficient (Wildman–Crippen LogP) is 2.77. The third kappa shape index (κ3) is 2.57. The molecule has 0 amide bonds. The number of nitrogens with zero attached hydrogens (tertiary/aromatic N) is 2. The molecule has 0 heterocycles. The van der Waals surface area contributed by atoms with Crippen molar-refractivity contribution in [3.05, 3.63) is 33.9 Å². The van der Waals surface area contributed by atoms with Crippen LogP contribution in [0.1, 0.15) is 18.4 Å². The molecule has 0 radical (unpaired) electrons. The van der Waals surface area contributed by atoms with Gasteiger partial charge in [-0.2, -0.15) is 17.0 Å². The minimum absolute atomic E-state index is 0.0940. The summed E-state index contributed by atoms with van der Waals surface area (Å²) >= 11 is 1.83. The molecule has 5 nitrogen and oxygen atoms in total. The molecule has 6 heteroatoms. The summed E-state index contributed by atoms with van der Waals surface area (Å²) < 4.78 is 0.294. The highest BCUT2D eigenvalue weighted by atomic mass is 32.2. The number of rotatable bonds is 5. The van der Waals surface area contributed by atoms with E-state index in [1.807, 2.05) is 17.8 Å². The van der Waals surface area contributed by atoms with Crippen LogP contribution in [0.25, 0.3) is 0 Å². The Labute approximate surface area is 109 Å². The van der Waals surface area contributed by atoms with Gasteiger partial charge in [-0.05, 0) is 31.2 Å². The first-order valence-electron chi connectivity index (χ1n) is 5.58. The van der Waals surface area contributed by atoms with Gasteiger partial charge in [-0.25, -0.2) is 0 Å². The van der Waals surface area contributed by atoms with Crippen LogP contribution < -0.4 is 5.32 Å². The van der Waals surface area contributed by atoms with Crippen molar-refractivity contribution in [2.45, 2.75) is 17.6 Å². The van der Waals surface area contributed by atoms with Crippen LogP contribution in [0.4, 0.5) is 11.4 Å². The number of nitrogens with one attached hydrogen (secondary N) is 1. The summed E-state index contributed by atoms with van der Waals surface area (Å²) in [5.41, 5.74) is 0.647. The number of anilines is 1. The van der Waals surface area contributed by atoms with Gasteiger partial charge in [-0.3, -0.25) is 10.1 Å². The van der Waals surface area contributed by atoms with E-state index in [4.69, 9.17) is 5.26 Å². The van der Waals surface area contributed by atoms with Crippen molar-refractivity contribution in [1.29, 1.82) is 5.26 Å². The number of nitriles is 1. The maximum absolute atomic E-state index is 10.8. The number of hydrogen-bond donors (Lipinski definition) is 1. The molecule has 1 aliphatic carbocycles. The monoisotopic (exact) mass is 263 g/mol. The van der Waals surface area contributed by atoms with Crippen molar-refractivity contribution in [3.63, 3.8) is 0 Å². The zero-order valence-corrected chi connectivity index (χ0v) is 10.8. The minimum Gasteiger partial charge on any atom is -0.383 e. The molecule has 1 aromatic rings. The molecule has 1 N–H and O–H groups in total. The van der Waals surface area contributed by atoms with Crippen LogP contribution in [-0.2, 0) is 0 Å². The van der Waals surface area contributed by atoms with Crippen LogP contribution in [-0.4, -0.2) is 22.5 Å². The van der Waals surface area contributed by atoms with E-state index in [0.717, 1.165) is 6.54 Å². The molecule has 0 aliphatic heterocycles. The lowest BCUT2D eigenvalue weighted by Crippen LogP contribution is -2.17. The quantitative estimate of drug-likeness (QED) is 0.652. The summed E-state index contributed by atoms with van der Waals surface area (Å²) in [5, 5.41) is 22.8. The van der Waals surface area contributed by atoms with Gasteiger partial charge < -0.3 is 5.32 Å². The molecular formula is C12H13N3O2S. The molecule has 0 aromatic heterocycles. The highest BCUT2D eigenvalue weighted by Crippen LogP contribution is 2.47. The van der Waals surface area contributed by atoms with E-state index in [2.05, 4.69) is 11.6 Å². The van der Waals surface area contributed by atoms with Crippen molar-refractivity contribution < 1.29 is 4.92 Å². The Morgan fingerprint density at radius 1 is 1.61 bits per heavy atom. The molecule has 0 atom stereocenters. The number of hydrogen-bond acceptors (Lipinski definition) is 5. The third-order valence-corrected chi connectivity index (χ3v) is 4.59. The molecule has 1 aromatic carbocycles. The molecule has 2 rings (SSSR count). The lowest BCUT2D eigenvalue weighted by atomic mass is 10.2. The molecule has 0 spiro atoms. The SMILES string of the molecule is CSC1(CNc2ccc(C#N)c([N+](=O)[O-])c2)CC1.